The van der Waals surface area contributed by atoms with Crippen LogP contribution in [-0.2, 0) is 0 Å². The summed E-state index contributed by atoms with van der Waals surface area (Å²) in [6.07, 6.45) is 1.59. The van der Waals surface area contributed by atoms with Gasteiger partial charge in [0.1, 0.15) is 22.9 Å². The van der Waals surface area contributed by atoms with Crippen molar-refractivity contribution >= 4 is 23.0 Å². The maximum atomic E-state index is 12.4. The van der Waals surface area contributed by atoms with Gasteiger partial charge in [0.05, 0.1) is 38.4 Å². The largest absolute Gasteiger partial charge is 0.497 e. The Morgan fingerprint density at radius 2 is 1.66 bits per heavy atom. The highest BCUT2D eigenvalue weighted by Crippen LogP contribution is 2.31. The second-order valence-corrected chi connectivity index (χ2v) is 6.03. The number of amides is 1. The number of anilines is 3. The molecule has 1 aromatic heterocycles. The molecule has 2 N–H and O–H groups in total. The number of aromatic nitrogens is 1. The molecule has 150 valence electrons. The zero-order valence-corrected chi connectivity index (χ0v) is 16.6. The summed E-state index contributed by atoms with van der Waals surface area (Å²) in [4.78, 5) is 16.7. The third kappa shape index (κ3) is 5.16. The number of benzene rings is 2. The fraction of sp³-hybridized carbons (Fsp3) is 0.182. The van der Waals surface area contributed by atoms with Crippen molar-refractivity contribution < 1.29 is 19.0 Å². The fourth-order valence-electron chi connectivity index (χ4n) is 2.67. The van der Waals surface area contributed by atoms with Crippen LogP contribution in [0.2, 0.25) is 0 Å². The summed E-state index contributed by atoms with van der Waals surface area (Å²) in [7, 11) is 3.20. The molecular weight excluding hydrogens is 370 g/mol. The number of rotatable bonds is 8. The lowest BCUT2D eigenvalue weighted by molar-refractivity contribution is 0.102. The highest BCUT2D eigenvalue weighted by Gasteiger charge is 2.10. The number of hydrogen-bond donors (Lipinski definition) is 2. The minimum atomic E-state index is -0.292. The molecule has 0 saturated heterocycles. The van der Waals surface area contributed by atoms with E-state index < -0.39 is 0 Å². The van der Waals surface area contributed by atoms with Crippen molar-refractivity contribution in [2.75, 3.05) is 31.5 Å². The second-order valence-electron chi connectivity index (χ2n) is 6.03. The van der Waals surface area contributed by atoms with Crippen molar-refractivity contribution in [3.8, 4) is 17.2 Å². The van der Waals surface area contributed by atoms with Crippen LogP contribution in [0.5, 0.6) is 17.2 Å². The van der Waals surface area contributed by atoms with Crippen molar-refractivity contribution in [2.24, 2.45) is 0 Å². The number of nitrogens with one attached hydrogen (secondary N) is 2. The first-order chi connectivity index (χ1) is 14.1. The maximum absolute atomic E-state index is 12.4. The van der Waals surface area contributed by atoms with E-state index in [0.717, 1.165) is 11.4 Å². The van der Waals surface area contributed by atoms with Gasteiger partial charge in [-0.25, -0.2) is 4.98 Å². The molecule has 0 bridgehead atoms. The van der Waals surface area contributed by atoms with E-state index in [2.05, 4.69) is 15.6 Å². The Bertz CT molecular complexity index is 957. The highest BCUT2D eigenvalue weighted by atomic mass is 16.5. The summed E-state index contributed by atoms with van der Waals surface area (Å²) in [5.74, 6) is 1.84. The third-order valence-electron chi connectivity index (χ3n) is 4.10. The lowest BCUT2D eigenvalue weighted by Gasteiger charge is -2.13. The predicted molar refractivity (Wildman–Crippen MR) is 113 cm³/mol. The van der Waals surface area contributed by atoms with E-state index >= 15 is 0 Å². The van der Waals surface area contributed by atoms with Crippen LogP contribution in [0, 0.1) is 0 Å². The molecule has 3 aromatic rings. The van der Waals surface area contributed by atoms with Gasteiger partial charge < -0.3 is 24.8 Å². The summed E-state index contributed by atoms with van der Waals surface area (Å²) < 4.78 is 16.0. The monoisotopic (exact) mass is 393 g/mol. The topological polar surface area (TPSA) is 81.7 Å². The quantitative estimate of drug-likeness (QED) is 0.587. The molecule has 0 unspecified atom stereocenters. The van der Waals surface area contributed by atoms with Crippen LogP contribution >= 0.6 is 0 Å². The van der Waals surface area contributed by atoms with E-state index in [0.29, 0.717) is 35.2 Å². The van der Waals surface area contributed by atoms with Gasteiger partial charge >= 0.3 is 0 Å². The molecule has 1 amide bonds. The van der Waals surface area contributed by atoms with E-state index in [9.17, 15) is 4.79 Å². The molecule has 1 heterocycles. The summed E-state index contributed by atoms with van der Waals surface area (Å²) in [5.41, 5.74) is 2.43. The van der Waals surface area contributed by atoms with Crippen molar-refractivity contribution in [3.63, 3.8) is 0 Å². The zero-order chi connectivity index (χ0) is 20.6. The predicted octanol–water partition coefficient (Wildman–Crippen LogP) is 4.49. The van der Waals surface area contributed by atoms with E-state index in [4.69, 9.17) is 14.2 Å². The number of nitrogens with zero attached hydrogens (tertiary/aromatic N) is 1. The molecule has 0 aliphatic rings. The van der Waals surface area contributed by atoms with Crippen LogP contribution in [-0.4, -0.2) is 31.7 Å². The van der Waals surface area contributed by atoms with Gasteiger partial charge in [0.25, 0.3) is 5.91 Å². The van der Waals surface area contributed by atoms with Gasteiger partial charge in [-0.15, -0.1) is 0 Å². The number of carbonyl (C=O) groups is 1. The Balaban J connectivity index is 1.67. The van der Waals surface area contributed by atoms with Crippen molar-refractivity contribution in [1.29, 1.82) is 0 Å². The molecular formula is C22H23N3O4. The molecule has 7 heteroatoms. The Labute approximate surface area is 169 Å². The first-order valence-electron chi connectivity index (χ1n) is 9.12. The van der Waals surface area contributed by atoms with Gasteiger partial charge in [0.2, 0.25) is 0 Å². The number of carbonyl (C=O) groups excluding carboxylic acids is 1. The number of ether oxygens (including phenoxy) is 3. The minimum absolute atomic E-state index is 0.292. The van der Waals surface area contributed by atoms with Gasteiger partial charge in [-0.05, 0) is 55.5 Å². The van der Waals surface area contributed by atoms with Gasteiger partial charge in [-0.3, -0.25) is 4.79 Å². The summed E-state index contributed by atoms with van der Waals surface area (Å²) in [5, 5.41) is 6.04. The normalized spacial score (nSPS) is 10.2. The van der Waals surface area contributed by atoms with E-state index in [1.54, 1.807) is 56.8 Å². The summed E-state index contributed by atoms with van der Waals surface area (Å²) >= 11 is 0. The Morgan fingerprint density at radius 1 is 0.931 bits per heavy atom. The van der Waals surface area contributed by atoms with Crippen molar-refractivity contribution in [1.82, 2.24) is 4.98 Å². The van der Waals surface area contributed by atoms with E-state index in [1.807, 2.05) is 25.1 Å². The molecule has 0 fully saturated rings. The number of hydrogen-bond acceptors (Lipinski definition) is 6. The number of pyridine rings is 1. The number of methoxy groups -OCH3 is 2. The lowest BCUT2D eigenvalue weighted by Crippen LogP contribution is -2.13. The molecule has 3 rings (SSSR count). The SMILES string of the molecule is CCOc1ccc(NC(=O)c2ccc(Nc3cc(OC)ccc3OC)cn2)cc1. The molecule has 0 aliphatic heterocycles. The Hall–Kier alpha value is -3.74. The molecule has 0 atom stereocenters. The molecule has 7 nitrogen and oxygen atoms in total. The smallest absolute Gasteiger partial charge is 0.274 e. The van der Waals surface area contributed by atoms with E-state index in [1.165, 1.54) is 0 Å². The molecule has 0 aliphatic carbocycles. The molecule has 29 heavy (non-hydrogen) atoms. The van der Waals surface area contributed by atoms with Crippen LogP contribution < -0.4 is 24.8 Å². The summed E-state index contributed by atoms with van der Waals surface area (Å²) in [6.45, 7) is 2.52. The maximum Gasteiger partial charge on any atom is 0.274 e. The molecule has 0 spiro atoms. The highest BCUT2D eigenvalue weighted by molar-refractivity contribution is 6.03. The second kappa shape index (κ2) is 9.45. The standard InChI is InChI=1S/C22H23N3O4/c1-4-29-17-8-5-15(6-9-17)25-22(26)19-11-7-16(14-23-19)24-20-13-18(27-2)10-12-21(20)28-3/h5-14,24H,4H2,1-3H3,(H,25,26). The minimum Gasteiger partial charge on any atom is -0.497 e. The van der Waals surface area contributed by atoms with Gasteiger partial charge in [0, 0.05) is 11.8 Å². The van der Waals surface area contributed by atoms with Crippen molar-refractivity contribution in [2.45, 2.75) is 6.92 Å². The zero-order valence-electron chi connectivity index (χ0n) is 16.6. The van der Waals surface area contributed by atoms with Gasteiger partial charge in [0.15, 0.2) is 0 Å². The molecule has 0 saturated carbocycles. The van der Waals surface area contributed by atoms with Crippen LogP contribution in [0.25, 0.3) is 0 Å². The third-order valence-corrected chi connectivity index (χ3v) is 4.10. The van der Waals surface area contributed by atoms with Crippen LogP contribution in [0.4, 0.5) is 17.1 Å². The first-order valence-corrected chi connectivity index (χ1v) is 9.12. The Kier molecular flexibility index (Phi) is 6.52. The average Bonchev–Trinajstić information content (AvgIpc) is 2.75. The first kappa shape index (κ1) is 20.0. The van der Waals surface area contributed by atoms with Crippen LogP contribution in [0.1, 0.15) is 17.4 Å². The average molecular weight is 393 g/mol. The van der Waals surface area contributed by atoms with Crippen LogP contribution in [0.15, 0.2) is 60.8 Å². The lowest BCUT2D eigenvalue weighted by atomic mass is 10.2. The van der Waals surface area contributed by atoms with E-state index in [-0.39, 0.29) is 5.91 Å². The van der Waals surface area contributed by atoms with Crippen molar-refractivity contribution in [3.05, 3.63) is 66.5 Å². The molecule has 2 aromatic carbocycles. The summed E-state index contributed by atoms with van der Waals surface area (Å²) in [6, 6.07) is 16.1. The Morgan fingerprint density at radius 3 is 2.28 bits per heavy atom. The van der Waals surface area contributed by atoms with Crippen LogP contribution in [0.3, 0.4) is 0 Å². The van der Waals surface area contributed by atoms with Gasteiger partial charge in [-0.2, -0.15) is 0 Å². The van der Waals surface area contributed by atoms with Gasteiger partial charge in [-0.1, -0.05) is 0 Å². The molecule has 0 radical (unpaired) electrons. The fourth-order valence-corrected chi connectivity index (χ4v) is 2.67.